The van der Waals surface area contributed by atoms with E-state index in [1.165, 1.54) is 33.7 Å². The standard InChI is InChI=1S/C77H97ClN12O15S2/c1-51-69(106-50-82-51)54-10-8-52(9-11-54)47-81-73(94)66-44-59(91)49-89(66)75(95)70(76(2,3)4)83-68(92)22-32-100-34-36-102-38-40-104-41-39-103-37-35-101-33-25-79-63-19-17-60(45-65(63)90(96)97)107(98,99)85-72(93)61-18-16-58(43-64(61)88-26-7-31-105-74-67(88)42-55-21-24-80-71(55)84-74)87-29-27-86(28-30-87)48-56-20-23-77(5,6)46-62(56)53-12-14-57(78)15-13-53/h8-19,21,24,42-43,45,50,59,66,70,79,91H,7,20,22-23,25-41,44,46-49H2,1-6H3,(H,80,84)(H,81,94)(H,83,92)(H,85,93)/t59-,66+,70-/m1/s1. The van der Waals surface area contributed by atoms with Gasteiger partial charge < -0.3 is 69.2 Å². The van der Waals surface area contributed by atoms with Gasteiger partial charge in [-0.05, 0) is 120 Å². The second-order valence-corrected chi connectivity index (χ2v) is 32.0. The molecule has 0 radical (unpaired) electrons. The number of thiazole rings is 1. The Kier molecular flexibility index (Phi) is 27.1. The van der Waals surface area contributed by atoms with Crippen LogP contribution in [0.1, 0.15) is 100 Å². The molecule has 11 rings (SSSR count). The van der Waals surface area contributed by atoms with Gasteiger partial charge in [-0.15, -0.1) is 11.3 Å². The van der Waals surface area contributed by atoms with E-state index in [0.29, 0.717) is 80.4 Å². The third kappa shape index (κ3) is 21.2. The third-order valence-electron chi connectivity index (χ3n) is 19.5. The van der Waals surface area contributed by atoms with Crippen molar-refractivity contribution in [1.29, 1.82) is 0 Å². The lowest BCUT2D eigenvalue weighted by Gasteiger charge is -2.39. The molecule has 3 aromatic heterocycles. The molecule has 4 aromatic carbocycles. The van der Waals surface area contributed by atoms with Gasteiger partial charge in [-0.25, -0.2) is 18.1 Å². The number of hydrogen-bond acceptors (Lipinski definition) is 22. The number of carbonyl (C=O) groups is 4. The van der Waals surface area contributed by atoms with Crippen molar-refractivity contribution in [3.05, 3.63) is 152 Å². The van der Waals surface area contributed by atoms with Gasteiger partial charge in [-0.3, -0.25) is 34.2 Å². The summed E-state index contributed by atoms with van der Waals surface area (Å²) < 4.78 is 64.8. The van der Waals surface area contributed by atoms with Crippen LogP contribution < -0.4 is 35.2 Å². The molecule has 0 saturated carbocycles. The van der Waals surface area contributed by atoms with Crippen LogP contribution in [0.15, 0.2) is 119 Å². The molecule has 0 unspecified atom stereocenters. The van der Waals surface area contributed by atoms with Crippen molar-refractivity contribution in [3.8, 4) is 16.3 Å². The number of nitro benzene ring substituents is 1. The Morgan fingerprint density at radius 3 is 2.20 bits per heavy atom. The van der Waals surface area contributed by atoms with Crippen molar-refractivity contribution >= 4 is 102 Å². The number of piperazine rings is 1. The van der Waals surface area contributed by atoms with Crippen LogP contribution in [0.2, 0.25) is 5.02 Å². The number of nitrogens with one attached hydrogen (secondary N) is 5. The zero-order chi connectivity index (χ0) is 75.8. The molecule has 574 valence electrons. The number of halogens is 1. The Labute approximate surface area is 633 Å². The van der Waals surface area contributed by atoms with Gasteiger partial charge in [-0.1, -0.05) is 88.2 Å². The highest BCUT2D eigenvalue weighted by Crippen LogP contribution is 2.45. The number of carbonyl (C=O) groups excluding carboxylic acids is 4. The van der Waals surface area contributed by atoms with Crippen LogP contribution in [0.3, 0.4) is 0 Å². The second-order valence-electron chi connectivity index (χ2n) is 29.0. The van der Waals surface area contributed by atoms with Gasteiger partial charge in [0.1, 0.15) is 29.1 Å². The van der Waals surface area contributed by atoms with Gasteiger partial charge in [0.2, 0.25) is 23.6 Å². The monoisotopic (exact) mass is 1530 g/mol. The molecule has 2 fully saturated rings. The van der Waals surface area contributed by atoms with Gasteiger partial charge in [0.15, 0.2) is 0 Å². The lowest BCUT2D eigenvalue weighted by molar-refractivity contribution is -0.384. The number of aromatic amines is 1. The number of β-amino-alcohol motifs (C(OH)–C–C–N with tert-alkyl or cyclic N) is 1. The number of aromatic nitrogens is 3. The molecule has 6 N–H and O–H groups in total. The number of H-pyrrole nitrogens is 1. The fourth-order valence-electron chi connectivity index (χ4n) is 13.7. The highest BCUT2D eigenvalue weighted by molar-refractivity contribution is 7.90. The number of amides is 4. The van der Waals surface area contributed by atoms with E-state index >= 15 is 0 Å². The fourth-order valence-corrected chi connectivity index (χ4v) is 15.6. The van der Waals surface area contributed by atoms with Gasteiger partial charge in [0.25, 0.3) is 21.6 Å². The summed E-state index contributed by atoms with van der Waals surface area (Å²) in [5, 5.41) is 33.3. The lowest BCUT2D eigenvalue weighted by Crippen LogP contribution is -2.57. The van der Waals surface area contributed by atoms with Crippen LogP contribution in [0, 0.1) is 27.9 Å². The van der Waals surface area contributed by atoms with Crippen molar-refractivity contribution in [3.63, 3.8) is 0 Å². The highest BCUT2D eigenvalue weighted by atomic mass is 35.5. The number of fused-ring (bicyclic) bond motifs is 2. The van der Waals surface area contributed by atoms with Crippen LogP contribution in [0.4, 0.5) is 28.4 Å². The number of allylic oxidation sites excluding steroid dienone is 1. The number of aliphatic hydroxyl groups is 1. The quantitative estimate of drug-likeness (QED) is 0.0124. The topological polar surface area (TPSA) is 324 Å². The SMILES string of the molecule is Cc1ncsc1-c1ccc(CNC(=O)[C@@H]2C[C@@H](O)CN2C(=O)[C@@H](NC(=O)CCOCCOCCOCCOCCOCCNc2ccc(S(=O)(=O)NC(=O)c3ccc(N4CCN(CC5=C(c6ccc(Cl)cc6)CC(C)(C)CC5)CC4)cc3N3CCCOc4nc5[nH]ccc5cc43)cc2[N+](=O)[O-])C(C)(C)C)cc1. The zero-order valence-electron chi connectivity index (χ0n) is 61.5. The second kappa shape index (κ2) is 36.5. The Morgan fingerprint density at radius 2 is 1.52 bits per heavy atom. The summed E-state index contributed by atoms with van der Waals surface area (Å²) in [6, 6.07) is 26.7. The summed E-state index contributed by atoms with van der Waals surface area (Å²) in [5.74, 6) is -1.80. The molecule has 0 spiro atoms. The molecular weight excluding hydrogens is 1430 g/mol. The van der Waals surface area contributed by atoms with Crippen molar-refractivity contribution in [1.82, 2.24) is 40.1 Å². The van der Waals surface area contributed by atoms with Crippen molar-refractivity contribution in [2.75, 3.05) is 140 Å². The average molecular weight is 1530 g/mol. The molecule has 27 nitrogen and oxygen atoms in total. The van der Waals surface area contributed by atoms with Gasteiger partial charge in [0.05, 0.1) is 116 Å². The summed E-state index contributed by atoms with van der Waals surface area (Å²) >= 11 is 7.86. The normalized spacial score (nSPS) is 17.3. The minimum atomic E-state index is -4.68. The smallest absolute Gasteiger partial charge is 0.293 e. The van der Waals surface area contributed by atoms with Crippen LogP contribution in [0.25, 0.3) is 27.0 Å². The molecule has 0 bridgehead atoms. The first-order valence-electron chi connectivity index (χ1n) is 36.4. The number of aliphatic hydroxyl groups excluding tert-OH is 1. The molecule has 6 heterocycles. The maximum Gasteiger partial charge on any atom is 0.293 e. The van der Waals surface area contributed by atoms with Crippen LogP contribution >= 0.6 is 22.9 Å². The largest absolute Gasteiger partial charge is 0.476 e. The Hall–Kier alpha value is -8.62. The summed E-state index contributed by atoms with van der Waals surface area (Å²) in [6.45, 7) is 19.4. The minimum Gasteiger partial charge on any atom is -0.476 e. The molecule has 3 aliphatic heterocycles. The zero-order valence-corrected chi connectivity index (χ0v) is 63.9. The summed E-state index contributed by atoms with van der Waals surface area (Å²) in [7, 11) is -4.68. The van der Waals surface area contributed by atoms with E-state index in [2.05, 4.69) is 66.4 Å². The highest BCUT2D eigenvalue weighted by Gasteiger charge is 2.45. The average Bonchev–Trinajstić information content (AvgIpc) is 1.75. The molecule has 3 atom stereocenters. The van der Waals surface area contributed by atoms with E-state index in [-0.39, 0.29) is 101 Å². The number of likely N-dealkylation sites (tertiary alicyclic amines) is 1. The third-order valence-corrected chi connectivity index (χ3v) is 22.1. The van der Waals surface area contributed by atoms with Crippen molar-refractivity contribution in [2.24, 2.45) is 10.8 Å². The molecule has 2 saturated heterocycles. The summed E-state index contributed by atoms with van der Waals surface area (Å²) in [4.78, 5) is 87.9. The molecule has 7 aromatic rings. The van der Waals surface area contributed by atoms with Crippen LogP contribution in [-0.4, -0.2) is 210 Å². The number of anilines is 4. The number of aryl methyl sites for hydroxylation is 1. The summed E-state index contributed by atoms with van der Waals surface area (Å²) in [5.41, 5.74) is 10.3. The fraction of sp³-hybridized carbons (Fsp3) is 0.481. The number of nitrogens with zero attached hydrogens (tertiary/aromatic N) is 7. The van der Waals surface area contributed by atoms with E-state index in [4.69, 9.17) is 45.0 Å². The van der Waals surface area contributed by atoms with Gasteiger partial charge in [0, 0.05) is 100 Å². The molecule has 4 amide bonds. The number of benzene rings is 4. The molecular formula is C77H97ClN12O15S2. The number of nitro groups is 1. The predicted molar refractivity (Wildman–Crippen MR) is 411 cm³/mol. The molecule has 30 heteroatoms. The predicted octanol–water partition coefficient (Wildman–Crippen LogP) is 10.1. The molecule has 1 aliphatic carbocycles. The summed E-state index contributed by atoms with van der Waals surface area (Å²) in [6.07, 6.45) is 4.64. The Morgan fingerprint density at radius 1 is 0.841 bits per heavy atom. The number of ether oxygens (including phenoxy) is 6. The van der Waals surface area contributed by atoms with E-state index in [9.17, 15) is 42.8 Å². The number of hydrogen-bond donors (Lipinski definition) is 6. The van der Waals surface area contributed by atoms with Crippen molar-refractivity contribution < 1.29 is 66.0 Å². The van der Waals surface area contributed by atoms with Crippen LogP contribution in [0.5, 0.6) is 5.88 Å². The molecule has 107 heavy (non-hydrogen) atoms. The van der Waals surface area contributed by atoms with E-state index in [1.54, 1.807) is 29.1 Å². The first-order valence-corrected chi connectivity index (χ1v) is 39.1. The number of pyridine rings is 1. The van der Waals surface area contributed by atoms with Crippen molar-refractivity contribution in [2.45, 2.75) is 110 Å². The maximum atomic E-state index is 14.6. The first kappa shape index (κ1) is 79.4. The maximum absolute atomic E-state index is 14.6. The van der Waals surface area contributed by atoms with E-state index < -0.39 is 66.9 Å². The first-order chi connectivity index (χ1) is 51.4. The van der Waals surface area contributed by atoms with Gasteiger partial charge in [-0.2, -0.15) is 4.98 Å². The van der Waals surface area contributed by atoms with E-state index in [1.807, 2.05) is 93.3 Å². The lowest BCUT2D eigenvalue weighted by atomic mass is 9.72. The molecule has 4 aliphatic rings. The van der Waals surface area contributed by atoms with Gasteiger partial charge >= 0.3 is 0 Å². The Bertz CT molecular complexity index is 4390. The van der Waals surface area contributed by atoms with E-state index in [0.717, 1.165) is 77.7 Å². The number of sulfonamides is 1. The van der Waals surface area contributed by atoms with Crippen LogP contribution in [-0.2, 0) is 54.6 Å². The number of rotatable bonds is 34. The minimum absolute atomic E-state index is 0.0173. The Balaban J connectivity index is 0.578.